The van der Waals surface area contributed by atoms with Crippen molar-refractivity contribution in [2.45, 2.75) is 6.42 Å². The minimum absolute atomic E-state index is 0.144. The standard InChI is InChI=1S/C17H17NO3/c19-15-8-5-13(6-9-15)11-12-18-17(21)10-7-14-3-1-2-4-16(14)20/h1-10,19-20H,11-12H2,(H,18,21). The van der Waals surface area contributed by atoms with Crippen LogP contribution in [0.2, 0.25) is 0 Å². The molecule has 0 spiro atoms. The highest BCUT2D eigenvalue weighted by Crippen LogP contribution is 2.16. The van der Waals surface area contributed by atoms with Crippen LogP contribution in [0.5, 0.6) is 11.5 Å². The number of amides is 1. The zero-order chi connectivity index (χ0) is 15.1. The van der Waals surface area contributed by atoms with Gasteiger partial charge in [-0.2, -0.15) is 0 Å². The lowest BCUT2D eigenvalue weighted by molar-refractivity contribution is -0.116. The van der Waals surface area contributed by atoms with E-state index in [0.29, 0.717) is 18.5 Å². The van der Waals surface area contributed by atoms with Gasteiger partial charge in [0.15, 0.2) is 0 Å². The van der Waals surface area contributed by atoms with Gasteiger partial charge in [0.1, 0.15) is 11.5 Å². The van der Waals surface area contributed by atoms with Crippen molar-refractivity contribution in [1.29, 1.82) is 0 Å². The van der Waals surface area contributed by atoms with Crippen LogP contribution in [0.25, 0.3) is 6.08 Å². The van der Waals surface area contributed by atoms with Crippen molar-refractivity contribution in [3.63, 3.8) is 0 Å². The monoisotopic (exact) mass is 283 g/mol. The Hall–Kier alpha value is -2.75. The smallest absolute Gasteiger partial charge is 0.244 e. The summed E-state index contributed by atoms with van der Waals surface area (Å²) in [7, 11) is 0. The van der Waals surface area contributed by atoms with Crippen molar-refractivity contribution < 1.29 is 15.0 Å². The molecule has 2 rings (SSSR count). The molecule has 108 valence electrons. The molecular weight excluding hydrogens is 266 g/mol. The minimum atomic E-state index is -0.211. The molecule has 4 nitrogen and oxygen atoms in total. The molecule has 2 aromatic rings. The summed E-state index contributed by atoms with van der Waals surface area (Å²) in [5.41, 5.74) is 1.64. The summed E-state index contributed by atoms with van der Waals surface area (Å²) in [4.78, 5) is 11.7. The highest BCUT2D eigenvalue weighted by atomic mass is 16.3. The van der Waals surface area contributed by atoms with Crippen molar-refractivity contribution in [2.75, 3.05) is 6.54 Å². The number of phenols is 2. The highest BCUT2D eigenvalue weighted by Gasteiger charge is 1.99. The zero-order valence-corrected chi connectivity index (χ0v) is 11.5. The second kappa shape index (κ2) is 7.14. The molecule has 21 heavy (non-hydrogen) atoms. The maximum absolute atomic E-state index is 11.7. The second-order valence-corrected chi connectivity index (χ2v) is 4.60. The third-order valence-electron chi connectivity index (χ3n) is 3.00. The second-order valence-electron chi connectivity index (χ2n) is 4.60. The van der Waals surface area contributed by atoms with Gasteiger partial charge in [-0.1, -0.05) is 30.3 Å². The summed E-state index contributed by atoms with van der Waals surface area (Å²) in [6.07, 6.45) is 3.66. The largest absolute Gasteiger partial charge is 0.508 e. The van der Waals surface area contributed by atoms with E-state index in [1.54, 1.807) is 42.5 Å². The van der Waals surface area contributed by atoms with Gasteiger partial charge in [-0.15, -0.1) is 0 Å². The molecule has 0 aliphatic heterocycles. The number of phenolic OH excluding ortho intramolecular Hbond substituents is 2. The van der Waals surface area contributed by atoms with Gasteiger partial charge >= 0.3 is 0 Å². The van der Waals surface area contributed by atoms with E-state index in [4.69, 9.17) is 0 Å². The van der Waals surface area contributed by atoms with Crippen LogP contribution in [0.4, 0.5) is 0 Å². The molecule has 0 saturated heterocycles. The lowest BCUT2D eigenvalue weighted by Crippen LogP contribution is -2.23. The van der Waals surface area contributed by atoms with Crippen molar-refractivity contribution >= 4 is 12.0 Å². The van der Waals surface area contributed by atoms with Gasteiger partial charge in [-0.05, 0) is 36.3 Å². The number of rotatable bonds is 5. The third kappa shape index (κ3) is 4.69. The molecule has 0 aliphatic rings. The van der Waals surface area contributed by atoms with Crippen LogP contribution >= 0.6 is 0 Å². The van der Waals surface area contributed by atoms with E-state index in [9.17, 15) is 15.0 Å². The average Bonchev–Trinajstić information content (AvgIpc) is 2.48. The Kier molecular flexibility index (Phi) is 4.99. The van der Waals surface area contributed by atoms with Crippen LogP contribution in [0.3, 0.4) is 0 Å². The molecule has 0 bridgehead atoms. The molecule has 4 heteroatoms. The number of nitrogens with one attached hydrogen (secondary N) is 1. The Balaban J connectivity index is 1.80. The van der Waals surface area contributed by atoms with Crippen LogP contribution in [-0.4, -0.2) is 22.7 Å². The first kappa shape index (κ1) is 14.7. The fourth-order valence-electron chi connectivity index (χ4n) is 1.85. The lowest BCUT2D eigenvalue weighted by atomic mass is 10.1. The molecule has 0 atom stereocenters. The van der Waals surface area contributed by atoms with Crippen LogP contribution in [-0.2, 0) is 11.2 Å². The number of para-hydroxylation sites is 1. The first-order valence-electron chi connectivity index (χ1n) is 6.67. The van der Waals surface area contributed by atoms with E-state index in [1.807, 2.05) is 12.1 Å². The van der Waals surface area contributed by atoms with Gasteiger partial charge in [0, 0.05) is 18.2 Å². The summed E-state index contributed by atoms with van der Waals surface area (Å²) in [5, 5.41) is 21.5. The summed E-state index contributed by atoms with van der Waals surface area (Å²) in [6.45, 7) is 0.509. The molecule has 2 aromatic carbocycles. The quantitative estimate of drug-likeness (QED) is 0.738. The van der Waals surface area contributed by atoms with E-state index in [-0.39, 0.29) is 17.4 Å². The first-order valence-corrected chi connectivity index (χ1v) is 6.67. The molecule has 0 heterocycles. The Bertz CT molecular complexity index is 633. The maximum Gasteiger partial charge on any atom is 0.244 e. The van der Waals surface area contributed by atoms with Gasteiger partial charge in [-0.3, -0.25) is 4.79 Å². The van der Waals surface area contributed by atoms with Gasteiger partial charge in [0.05, 0.1) is 0 Å². The maximum atomic E-state index is 11.7. The topological polar surface area (TPSA) is 69.6 Å². The molecule has 0 radical (unpaired) electrons. The minimum Gasteiger partial charge on any atom is -0.508 e. The molecular formula is C17H17NO3. The number of hydrogen-bond acceptors (Lipinski definition) is 3. The predicted molar refractivity (Wildman–Crippen MR) is 82.0 cm³/mol. The molecule has 0 fully saturated rings. The predicted octanol–water partition coefficient (Wildman–Crippen LogP) is 2.47. The third-order valence-corrected chi connectivity index (χ3v) is 3.00. The number of carbonyl (C=O) groups excluding carboxylic acids is 1. The van der Waals surface area contributed by atoms with Crippen LogP contribution in [0, 0.1) is 0 Å². The molecule has 0 saturated carbocycles. The molecule has 1 amide bonds. The van der Waals surface area contributed by atoms with Gasteiger partial charge in [-0.25, -0.2) is 0 Å². The number of aromatic hydroxyl groups is 2. The summed E-state index contributed by atoms with van der Waals surface area (Å²) >= 11 is 0. The molecule has 0 unspecified atom stereocenters. The van der Waals surface area contributed by atoms with Crippen molar-refractivity contribution in [3.05, 3.63) is 65.7 Å². The van der Waals surface area contributed by atoms with Crippen molar-refractivity contribution in [3.8, 4) is 11.5 Å². The normalized spacial score (nSPS) is 10.7. The van der Waals surface area contributed by atoms with E-state index in [0.717, 1.165) is 5.56 Å². The zero-order valence-electron chi connectivity index (χ0n) is 11.5. The highest BCUT2D eigenvalue weighted by molar-refractivity contribution is 5.92. The summed E-state index contributed by atoms with van der Waals surface area (Å²) in [6, 6.07) is 13.7. The van der Waals surface area contributed by atoms with E-state index < -0.39 is 0 Å². The Morgan fingerprint density at radius 3 is 2.48 bits per heavy atom. The number of hydrogen-bond donors (Lipinski definition) is 3. The molecule has 0 aromatic heterocycles. The molecule has 0 aliphatic carbocycles. The van der Waals surface area contributed by atoms with Gasteiger partial charge in [0.25, 0.3) is 0 Å². The Morgan fingerprint density at radius 1 is 1.05 bits per heavy atom. The van der Waals surface area contributed by atoms with Gasteiger partial charge in [0.2, 0.25) is 5.91 Å². The van der Waals surface area contributed by atoms with E-state index in [1.165, 1.54) is 6.08 Å². The van der Waals surface area contributed by atoms with Crippen LogP contribution in [0.1, 0.15) is 11.1 Å². The van der Waals surface area contributed by atoms with Crippen molar-refractivity contribution in [2.24, 2.45) is 0 Å². The van der Waals surface area contributed by atoms with E-state index >= 15 is 0 Å². The SMILES string of the molecule is O=C(C=Cc1ccccc1O)NCCc1ccc(O)cc1. The summed E-state index contributed by atoms with van der Waals surface area (Å²) in [5.74, 6) is 0.163. The van der Waals surface area contributed by atoms with Crippen molar-refractivity contribution in [1.82, 2.24) is 5.32 Å². The van der Waals surface area contributed by atoms with E-state index in [2.05, 4.69) is 5.32 Å². The lowest BCUT2D eigenvalue weighted by Gasteiger charge is -2.03. The summed E-state index contributed by atoms with van der Waals surface area (Å²) < 4.78 is 0. The fraction of sp³-hybridized carbons (Fsp3) is 0.118. The first-order chi connectivity index (χ1) is 10.1. The number of benzene rings is 2. The Labute approximate surface area is 123 Å². The fourth-order valence-corrected chi connectivity index (χ4v) is 1.85. The van der Waals surface area contributed by atoms with Crippen LogP contribution in [0.15, 0.2) is 54.6 Å². The molecule has 3 N–H and O–H groups in total. The average molecular weight is 283 g/mol. The number of carbonyl (C=O) groups is 1. The van der Waals surface area contributed by atoms with Gasteiger partial charge < -0.3 is 15.5 Å². The Morgan fingerprint density at radius 2 is 1.76 bits per heavy atom. The van der Waals surface area contributed by atoms with Crippen LogP contribution < -0.4 is 5.32 Å².